The van der Waals surface area contributed by atoms with Crippen LogP contribution in [0.2, 0.25) is 0 Å². The van der Waals surface area contributed by atoms with Gasteiger partial charge in [-0.05, 0) is 31.9 Å². The predicted molar refractivity (Wildman–Crippen MR) is 109 cm³/mol. The van der Waals surface area contributed by atoms with Crippen molar-refractivity contribution >= 4 is 11.5 Å². The van der Waals surface area contributed by atoms with Gasteiger partial charge >= 0.3 is 0 Å². The second-order valence-corrected chi connectivity index (χ2v) is 7.22. The second-order valence-electron chi connectivity index (χ2n) is 7.22. The summed E-state index contributed by atoms with van der Waals surface area (Å²) < 4.78 is 4.19. The molecule has 0 aliphatic carbocycles. The normalized spacial score (nSPS) is 10.8. The summed E-state index contributed by atoms with van der Waals surface area (Å²) >= 11 is 0. The summed E-state index contributed by atoms with van der Waals surface area (Å²) in [4.78, 5) is 14.9. The van der Waals surface area contributed by atoms with E-state index in [4.69, 9.17) is 0 Å². The maximum Gasteiger partial charge on any atom is 0.229 e. The van der Waals surface area contributed by atoms with Gasteiger partial charge in [-0.25, -0.2) is 0 Å². The highest BCUT2D eigenvalue weighted by Crippen LogP contribution is 2.17. The highest BCUT2D eigenvalue weighted by Gasteiger charge is 2.19. The van der Waals surface area contributed by atoms with Crippen LogP contribution in [0.15, 0.2) is 60.9 Å². The average molecular weight is 362 g/mol. The Morgan fingerprint density at radius 1 is 1.04 bits per heavy atom. The Hall–Kier alpha value is -2.88. The van der Waals surface area contributed by atoms with E-state index in [1.165, 1.54) is 5.56 Å². The Morgan fingerprint density at radius 3 is 2.33 bits per heavy atom. The van der Waals surface area contributed by atoms with Gasteiger partial charge < -0.3 is 9.47 Å². The molecule has 0 radical (unpaired) electrons. The molecule has 0 fully saturated rings. The Labute approximate surface area is 161 Å². The van der Waals surface area contributed by atoms with Crippen molar-refractivity contribution in [2.45, 2.75) is 33.4 Å². The van der Waals surface area contributed by atoms with Crippen molar-refractivity contribution in [1.29, 1.82) is 0 Å². The summed E-state index contributed by atoms with van der Waals surface area (Å²) in [5.41, 5.74) is 5.45. The summed E-state index contributed by atoms with van der Waals surface area (Å²) in [6.45, 7) is 5.37. The Bertz CT molecular complexity index is 909. The lowest BCUT2D eigenvalue weighted by atomic mass is 10.1. The van der Waals surface area contributed by atoms with E-state index < -0.39 is 0 Å². The molecule has 140 valence electrons. The standard InChI is InChI=1S/C23H28N3O/c1-18-16-22(19(2)26(18)15-10-20-8-6-5-7-9-20)23(27)17-25-13-11-21(12-14-25)24(3)4/h5-9,11-14,16H,10,15,17H2,1-4H3/q+1. The maximum atomic E-state index is 12.8. The van der Waals surface area contributed by atoms with Crippen molar-refractivity contribution in [1.82, 2.24) is 4.57 Å². The van der Waals surface area contributed by atoms with Gasteiger partial charge in [0.1, 0.15) is 0 Å². The van der Waals surface area contributed by atoms with Crippen LogP contribution >= 0.6 is 0 Å². The molecule has 0 N–H and O–H groups in total. The first-order chi connectivity index (χ1) is 13.0. The Morgan fingerprint density at radius 2 is 1.70 bits per heavy atom. The molecule has 0 unspecified atom stereocenters. The van der Waals surface area contributed by atoms with Gasteiger partial charge in [0.2, 0.25) is 12.3 Å². The fourth-order valence-corrected chi connectivity index (χ4v) is 3.42. The molecule has 2 heterocycles. The second kappa shape index (κ2) is 8.21. The molecule has 2 aromatic heterocycles. The van der Waals surface area contributed by atoms with Crippen molar-refractivity contribution < 1.29 is 9.36 Å². The zero-order valence-corrected chi connectivity index (χ0v) is 16.6. The van der Waals surface area contributed by atoms with Crippen LogP contribution in [0, 0.1) is 13.8 Å². The number of aryl methyl sites for hydroxylation is 2. The number of benzene rings is 1. The molecule has 0 saturated heterocycles. The molecule has 4 nitrogen and oxygen atoms in total. The third kappa shape index (κ3) is 4.45. The van der Waals surface area contributed by atoms with E-state index in [2.05, 4.69) is 35.8 Å². The third-order valence-corrected chi connectivity index (χ3v) is 5.06. The van der Waals surface area contributed by atoms with E-state index in [-0.39, 0.29) is 5.78 Å². The molecule has 0 bridgehead atoms. The maximum absolute atomic E-state index is 12.8. The van der Waals surface area contributed by atoms with Crippen molar-refractivity contribution in [3.63, 3.8) is 0 Å². The van der Waals surface area contributed by atoms with Crippen LogP contribution < -0.4 is 9.47 Å². The quantitative estimate of drug-likeness (QED) is 0.475. The molecule has 0 aliphatic rings. The van der Waals surface area contributed by atoms with E-state index in [1.807, 2.05) is 67.1 Å². The third-order valence-electron chi connectivity index (χ3n) is 5.06. The van der Waals surface area contributed by atoms with Gasteiger partial charge in [-0.1, -0.05) is 30.3 Å². The van der Waals surface area contributed by atoms with Crippen LogP contribution in [0.5, 0.6) is 0 Å². The minimum atomic E-state index is 0.150. The molecule has 27 heavy (non-hydrogen) atoms. The van der Waals surface area contributed by atoms with Crippen LogP contribution in [-0.2, 0) is 19.5 Å². The van der Waals surface area contributed by atoms with Gasteiger partial charge in [0.15, 0.2) is 12.4 Å². The first-order valence-corrected chi connectivity index (χ1v) is 9.36. The first-order valence-electron chi connectivity index (χ1n) is 9.36. The number of Topliss-reactive ketones (excluding diaryl/α,β-unsaturated/α-hetero) is 1. The van der Waals surface area contributed by atoms with E-state index in [9.17, 15) is 4.79 Å². The average Bonchev–Trinajstić information content (AvgIpc) is 2.95. The van der Waals surface area contributed by atoms with Gasteiger partial charge in [-0.15, -0.1) is 0 Å². The molecular formula is C23H28N3O+. The summed E-state index contributed by atoms with van der Waals surface area (Å²) in [5, 5.41) is 0. The summed E-state index contributed by atoms with van der Waals surface area (Å²) in [5.74, 6) is 0.150. The number of pyridine rings is 1. The molecule has 3 aromatic rings. The Kier molecular flexibility index (Phi) is 5.75. The van der Waals surface area contributed by atoms with Crippen molar-refractivity contribution in [2.75, 3.05) is 19.0 Å². The van der Waals surface area contributed by atoms with Crippen LogP contribution in [0.1, 0.15) is 27.3 Å². The number of carbonyl (C=O) groups excluding carboxylic acids is 1. The minimum Gasteiger partial charge on any atom is -0.377 e. The highest BCUT2D eigenvalue weighted by molar-refractivity contribution is 5.96. The van der Waals surface area contributed by atoms with Gasteiger partial charge in [-0.2, -0.15) is 4.57 Å². The first kappa shape index (κ1) is 18.9. The Balaban J connectivity index is 1.71. The number of hydrogen-bond donors (Lipinski definition) is 0. The summed E-state index contributed by atoms with van der Waals surface area (Å²) in [6, 6.07) is 16.5. The number of carbonyl (C=O) groups is 1. The SMILES string of the molecule is Cc1cc(C(=O)C[n+]2ccc(N(C)C)cc2)c(C)n1CCc1ccccc1. The molecule has 1 aromatic carbocycles. The zero-order chi connectivity index (χ0) is 19.4. The van der Waals surface area contributed by atoms with Crippen molar-refractivity contribution in [3.05, 3.63) is 83.4 Å². The number of nitrogens with zero attached hydrogens (tertiary/aromatic N) is 3. The lowest BCUT2D eigenvalue weighted by Gasteiger charge is -2.10. The molecular weight excluding hydrogens is 334 g/mol. The van der Waals surface area contributed by atoms with E-state index in [1.54, 1.807) is 0 Å². The van der Waals surface area contributed by atoms with Gasteiger partial charge in [-0.3, -0.25) is 4.79 Å². The number of rotatable bonds is 7. The number of ketones is 1. The van der Waals surface area contributed by atoms with Crippen LogP contribution in [0.4, 0.5) is 5.69 Å². The van der Waals surface area contributed by atoms with Gasteiger partial charge in [0.25, 0.3) is 0 Å². The zero-order valence-electron chi connectivity index (χ0n) is 16.6. The lowest BCUT2D eigenvalue weighted by Crippen LogP contribution is -2.37. The number of anilines is 1. The van der Waals surface area contributed by atoms with E-state index in [0.29, 0.717) is 6.54 Å². The monoisotopic (exact) mass is 362 g/mol. The van der Waals surface area contributed by atoms with E-state index in [0.717, 1.165) is 35.6 Å². The van der Waals surface area contributed by atoms with Gasteiger partial charge in [0, 0.05) is 55.4 Å². The topological polar surface area (TPSA) is 29.1 Å². The largest absolute Gasteiger partial charge is 0.377 e. The number of hydrogen-bond acceptors (Lipinski definition) is 2. The van der Waals surface area contributed by atoms with Crippen LogP contribution in [0.3, 0.4) is 0 Å². The fourth-order valence-electron chi connectivity index (χ4n) is 3.42. The van der Waals surface area contributed by atoms with Crippen molar-refractivity contribution in [2.24, 2.45) is 0 Å². The summed E-state index contributed by atoms with van der Waals surface area (Å²) in [7, 11) is 4.02. The molecule has 0 saturated carbocycles. The summed E-state index contributed by atoms with van der Waals surface area (Å²) in [6.07, 6.45) is 4.88. The molecule has 4 heteroatoms. The molecule has 0 amide bonds. The molecule has 0 aliphatic heterocycles. The number of aromatic nitrogens is 2. The van der Waals surface area contributed by atoms with Crippen molar-refractivity contribution in [3.8, 4) is 0 Å². The van der Waals surface area contributed by atoms with Crippen LogP contribution in [0.25, 0.3) is 0 Å². The molecule has 0 atom stereocenters. The smallest absolute Gasteiger partial charge is 0.229 e. The lowest BCUT2D eigenvalue weighted by molar-refractivity contribution is -0.683. The highest BCUT2D eigenvalue weighted by atomic mass is 16.1. The minimum absolute atomic E-state index is 0.150. The predicted octanol–water partition coefficient (Wildman–Crippen LogP) is 3.58. The molecule has 0 spiro atoms. The van der Waals surface area contributed by atoms with Gasteiger partial charge in [0.05, 0.1) is 0 Å². The van der Waals surface area contributed by atoms with Crippen LogP contribution in [-0.4, -0.2) is 24.4 Å². The van der Waals surface area contributed by atoms with E-state index >= 15 is 0 Å². The molecule has 3 rings (SSSR count). The fraction of sp³-hybridized carbons (Fsp3) is 0.304.